The van der Waals surface area contributed by atoms with Gasteiger partial charge in [-0.2, -0.15) is 15.0 Å². The molecule has 5 heterocycles. The predicted octanol–water partition coefficient (Wildman–Crippen LogP) is 1.79. The second kappa shape index (κ2) is 10.0. The molecule has 3 fully saturated rings. The van der Waals surface area contributed by atoms with Crippen LogP contribution in [0.4, 0.5) is 25.2 Å². The van der Waals surface area contributed by atoms with Crippen molar-refractivity contribution in [2.24, 2.45) is 5.92 Å². The lowest BCUT2D eigenvalue weighted by atomic mass is 9.90. The van der Waals surface area contributed by atoms with Crippen LogP contribution >= 0.6 is 0 Å². The third kappa shape index (κ3) is 4.83. The number of carbonyl (C=O) groups excluding carboxylic acids is 2. The van der Waals surface area contributed by atoms with Gasteiger partial charge in [-0.1, -0.05) is 0 Å². The number of rotatable bonds is 7. The zero-order valence-corrected chi connectivity index (χ0v) is 23.4. The first kappa shape index (κ1) is 26.6. The van der Waals surface area contributed by atoms with Gasteiger partial charge in [-0.3, -0.25) is 9.69 Å². The first-order valence-corrected chi connectivity index (χ1v) is 14.8. The van der Waals surface area contributed by atoms with Gasteiger partial charge in [0.25, 0.3) is 11.8 Å². The van der Waals surface area contributed by atoms with Gasteiger partial charge >= 0.3 is 6.09 Å². The van der Waals surface area contributed by atoms with E-state index in [0.717, 1.165) is 0 Å². The highest BCUT2D eigenvalue weighted by Gasteiger charge is 2.48. The molecule has 13 nitrogen and oxygen atoms in total. The van der Waals surface area contributed by atoms with Crippen LogP contribution in [0.15, 0.2) is 6.20 Å². The minimum atomic E-state index is -0.661. The number of piperidine rings is 1. The first-order valence-electron chi connectivity index (χ1n) is 14.8. The largest absolute Gasteiger partial charge is 0.465 e. The van der Waals surface area contributed by atoms with Crippen molar-refractivity contribution in [3.8, 4) is 5.88 Å². The number of likely N-dealkylation sites (tertiary alicyclic amines) is 1. The number of halogens is 2. The van der Waals surface area contributed by atoms with Crippen molar-refractivity contribution >= 4 is 34.7 Å². The van der Waals surface area contributed by atoms with Crippen molar-refractivity contribution < 1.29 is 27.8 Å². The minimum Gasteiger partial charge on any atom is -0.465 e. The highest BCUT2D eigenvalue weighted by molar-refractivity contribution is 5.94. The van der Waals surface area contributed by atoms with Crippen molar-refractivity contribution in [2.75, 3.05) is 49.5 Å². The predicted molar refractivity (Wildman–Crippen MR) is 148 cm³/mol. The third-order valence-corrected chi connectivity index (χ3v) is 9.13. The van der Waals surface area contributed by atoms with Crippen LogP contribution in [0.1, 0.15) is 36.8 Å². The van der Waals surface area contributed by atoms with E-state index < -0.39 is 23.3 Å². The molecule has 226 valence electrons. The molecule has 1 aromatic carbocycles. The van der Waals surface area contributed by atoms with Gasteiger partial charge < -0.3 is 25.0 Å². The summed E-state index contributed by atoms with van der Waals surface area (Å²) in [5.74, 6) is -0.515. The number of hydrogen-bond acceptors (Lipinski definition) is 10. The van der Waals surface area contributed by atoms with Gasteiger partial charge in [0.05, 0.1) is 19.3 Å². The molecule has 43 heavy (non-hydrogen) atoms. The molecule has 2 aromatic heterocycles. The third-order valence-electron chi connectivity index (χ3n) is 9.13. The summed E-state index contributed by atoms with van der Waals surface area (Å²) >= 11 is 0. The van der Waals surface area contributed by atoms with E-state index in [-0.39, 0.29) is 47.0 Å². The van der Waals surface area contributed by atoms with Crippen molar-refractivity contribution in [3.63, 3.8) is 0 Å². The van der Waals surface area contributed by atoms with Crippen LogP contribution in [-0.4, -0.2) is 92.8 Å². The number of benzene rings is 1. The van der Waals surface area contributed by atoms with Gasteiger partial charge in [0.1, 0.15) is 5.60 Å². The van der Waals surface area contributed by atoms with Crippen LogP contribution in [0.2, 0.25) is 0 Å². The molecule has 1 saturated carbocycles. The summed E-state index contributed by atoms with van der Waals surface area (Å²) in [5.41, 5.74) is 0.189. The molecule has 0 radical (unpaired) electrons. The Kier molecular flexibility index (Phi) is 6.22. The Balaban J connectivity index is 0.893. The second-order valence-electron chi connectivity index (χ2n) is 12.2. The molecule has 1 spiro atoms. The molecule has 2 saturated heterocycles. The van der Waals surface area contributed by atoms with Crippen LogP contribution in [-0.2, 0) is 28.9 Å². The molecule has 5 aliphatic rings. The summed E-state index contributed by atoms with van der Waals surface area (Å²) in [4.78, 5) is 38.1. The van der Waals surface area contributed by atoms with Crippen molar-refractivity contribution in [1.29, 1.82) is 0 Å². The van der Waals surface area contributed by atoms with E-state index in [0.29, 0.717) is 82.1 Å². The Morgan fingerprint density at radius 1 is 1.07 bits per heavy atom. The summed E-state index contributed by atoms with van der Waals surface area (Å²) in [7, 11) is 0. The summed E-state index contributed by atoms with van der Waals surface area (Å²) < 4.78 is 42.1. The maximum absolute atomic E-state index is 15.5. The number of carbonyl (C=O) groups is 2. The lowest BCUT2D eigenvalue weighted by Gasteiger charge is -2.38. The van der Waals surface area contributed by atoms with Gasteiger partial charge in [0.15, 0.2) is 40.9 Å². The number of ether oxygens (including phenoxy) is 2. The molecule has 3 aliphatic heterocycles. The highest BCUT2D eigenvalue weighted by Crippen LogP contribution is 2.39. The molecule has 8 rings (SSSR count). The number of hydrogen-bond donors (Lipinski definition) is 2. The van der Waals surface area contributed by atoms with E-state index in [1.54, 1.807) is 0 Å². The zero-order chi connectivity index (χ0) is 29.3. The molecule has 2 aliphatic carbocycles. The molecular weight excluding hydrogens is 564 g/mol. The van der Waals surface area contributed by atoms with Gasteiger partial charge in [-0.05, 0) is 42.7 Å². The Morgan fingerprint density at radius 3 is 2.49 bits per heavy atom. The first-order chi connectivity index (χ1) is 20.8. The number of nitrogens with zero attached hydrogens (tertiary/aromatic N) is 7. The van der Waals surface area contributed by atoms with Crippen LogP contribution in [0, 0.1) is 17.6 Å². The van der Waals surface area contributed by atoms with Crippen molar-refractivity contribution in [3.05, 3.63) is 29.0 Å². The Hall–Kier alpha value is -3.98. The monoisotopic (exact) mass is 595 g/mol. The summed E-state index contributed by atoms with van der Waals surface area (Å²) in [5, 5.41) is 14.5. The SMILES string of the molecule is O=C1COc2ncc(N3CC4(CCN(CC5Cc6c(c(F)c7nn(CCNC8CC8)nc7c6F)C5)CC4)OC3=O)nc2N1. The van der Waals surface area contributed by atoms with Gasteiger partial charge in [-0.15, -0.1) is 0 Å². The highest BCUT2D eigenvalue weighted by atomic mass is 19.1. The van der Waals surface area contributed by atoms with E-state index in [9.17, 15) is 9.59 Å². The van der Waals surface area contributed by atoms with Crippen LogP contribution in [0.25, 0.3) is 11.0 Å². The van der Waals surface area contributed by atoms with E-state index in [2.05, 4.69) is 35.7 Å². The van der Waals surface area contributed by atoms with Crippen LogP contribution < -0.4 is 20.3 Å². The summed E-state index contributed by atoms with van der Waals surface area (Å²) in [6, 6.07) is 0.546. The van der Waals surface area contributed by atoms with Crippen molar-refractivity contribution in [1.82, 2.24) is 35.2 Å². The molecule has 0 bridgehead atoms. The standard InChI is InChI=1S/C28H31F2N9O4/c29-21-17-9-15(10-18(17)22(30)24-23(21)35-39(36-24)8-5-31-16-1-2-16)12-37-6-3-28(4-7-37)14-38(27(41)43-28)19-11-32-26-25(33-19)34-20(40)13-42-26/h11,15-16,31H,1-10,12-14H2,(H,33,34,40). The second-order valence-corrected chi connectivity index (χ2v) is 12.2. The normalized spacial score (nSPS) is 21.7. The number of amides is 2. The lowest BCUT2D eigenvalue weighted by molar-refractivity contribution is -0.118. The van der Waals surface area contributed by atoms with E-state index in [1.165, 1.54) is 28.7 Å². The molecule has 2 amide bonds. The fourth-order valence-corrected chi connectivity index (χ4v) is 6.71. The fourth-order valence-electron chi connectivity index (χ4n) is 6.71. The average Bonchev–Trinajstić information content (AvgIpc) is 3.41. The van der Waals surface area contributed by atoms with Crippen molar-refractivity contribution in [2.45, 2.75) is 56.7 Å². The van der Waals surface area contributed by atoms with E-state index in [1.807, 2.05) is 0 Å². The number of aromatic nitrogens is 5. The van der Waals surface area contributed by atoms with Gasteiger partial charge in [0.2, 0.25) is 0 Å². The molecular formula is C28H31F2N9O4. The van der Waals surface area contributed by atoms with Crippen LogP contribution in [0.5, 0.6) is 5.88 Å². The molecule has 3 aromatic rings. The Morgan fingerprint density at radius 2 is 1.79 bits per heavy atom. The molecule has 0 unspecified atom stereocenters. The maximum Gasteiger partial charge on any atom is 0.416 e. The van der Waals surface area contributed by atoms with Gasteiger partial charge in [0, 0.05) is 45.1 Å². The smallest absolute Gasteiger partial charge is 0.416 e. The quantitative estimate of drug-likeness (QED) is 0.416. The average molecular weight is 596 g/mol. The summed E-state index contributed by atoms with van der Waals surface area (Å²) in [6.45, 7) is 3.38. The zero-order valence-electron chi connectivity index (χ0n) is 23.4. The molecule has 15 heteroatoms. The Labute approximate surface area is 244 Å². The number of anilines is 2. The molecule has 2 N–H and O–H groups in total. The van der Waals surface area contributed by atoms with E-state index >= 15 is 8.78 Å². The summed E-state index contributed by atoms with van der Waals surface area (Å²) in [6.07, 6.45) is 5.39. The van der Waals surface area contributed by atoms with Gasteiger partial charge in [-0.25, -0.2) is 23.5 Å². The van der Waals surface area contributed by atoms with Crippen LogP contribution in [0.3, 0.4) is 0 Å². The Bertz CT molecular complexity index is 1590. The lowest BCUT2D eigenvalue weighted by Crippen LogP contribution is -2.48. The maximum atomic E-state index is 15.5. The minimum absolute atomic E-state index is 0.00867. The van der Waals surface area contributed by atoms with E-state index in [4.69, 9.17) is 9.47 Å². The topological polar surface area (TPSA) is 140 Å². The molecule has 0 atom stereocenters. The fraction of sp³-hybridized carbons (Fsp3) is 0.571. The number of nitrogens with one attached hydrogen (secondary N) is 2. The number of fused-ring (bicyclic) bond motifs is 3.